The van der Waals surface area contributed by atoms with Crippen LogP contribution in [0.3, 0.4) is 0 Å². The van der Waals surface area contributed by atoms with Gasteiger partial charge in [-0.25, -0.2) is 9.78 Å². The van der Waals surface area contributed by atoms with E-state index in [0.29, 0.717) is 23.0 Å². The Morgan fingerprint density at radius 1 is 1.08 bits per heavy atom. The fourth-order valence-corrected chi connectivity index (χ4v) is 3.67. The van der Waals surface area contributed by atoms with Gasteiger partial charge in [0.2, 0.25) is 5.88 Å². The molecule has 0 atom stereocenters. The molecule has 3 heterocycles. The highest BCUT2D eigenvalue weighted by Gasteiger charge is 2.15. The molecule has 0 bridgehead atoms. The summed E-state index contributed by atoms with van der Waals surface area (Å²) in [7, 11) is 0. The van der Waals surface area contributed by atoms with Crippen LogP contribution in [0.25, 0.3) is 21.2 Å². The van der Waals surface area contributed by atoms with Crippen LogP contribution in [0.1, 0.15) is 16.3 Å². The lowest BCUT2D eigenvalue weighted by molar-refractivity contribution is 0.465. The Balaban J connectivity index is 1.86. The fraction of sp³-hybridized carbons (Fsp3) is 0.167. The highest BCUT2D eigenvalue weighted by atomic mass is 32.1. The molecule has 0 radical (unpaired) electrons. The molecule has 0 aliphatic heterocycles. The standard InChI is InChI=1S/C18H14N2O3S/c1-9-10(2)24-18-16(9)17(19-11(3)20-18)22-13-6-4-12-5-7-15(21)23-14(12)8-13/h4-8H,1-3H3. The molecular weight excluding hydrogens is 324 g/mol. The summed E-state index contributed by atoms with van der Waals surface area (Å²) in [5, 5.41) is 1.77. The van der Waals surface area contributed by atoms with Gasteiger partial charge < -0.3 is 9.15 Å². The van der Waals surface area contributed by atoms with E-state index in [1.54, 1.807) is 23.5 Å². The molecule has 24 heavy (non-hydrogen) atoms. The Hall–Kier alpha value is -2.73. The van der Waals surface area contributed by atoms with Crippen LogP contribution in [0, 0.1) is 20.8 Å². The van der Waals surface area contributed by atoms with Gasteiger partial charge in [0.05, 0.1) is 5.39 Å². The normalized spacial score (nSPS) is 11.3. The number of hydrogen-bond acceptors (Lipinski definition) is 6. The van der Waals surface area contributed by atoms with Gasteiger partial charge in [-0.15, -0.1) is 11.3 Å². The second kappa shape index (κ2) is 5.42. The van der Waals surface area contributed by atoms with E-state index >= 15 is 0 Å². The van der Waals surface area contributed by atoms with Crippen molar-refractivity contribution in [1.29, 1.82) is 0 Å². The van der Waals surface area contributed by atoms with Gasteiger partial charge >= 0.3 is 5.63 Å². The van der Waals surface area contributed by atoms with Gasteiger partial charge in [-0.1, -0.05) is 0 Å². The van der Waals surface area contributed by atoms with Crippen LogP contribution in [0.15, 0.2) is 39.5 Å². The minimum atomic E-state index is -0.385. The number of fused-ring (bicyclic) bond motifs is 2. The molecule has 4 aromatic rings. The second-order valence-electron chi connectivity index (χ2n) is 5.60. The smallest absolute Gasteiger partial charge is 0.336 e. The van der Waals surface area contributed by atoms with Gasteiger partial charge in [-0.05, 0) is 44.5 Å². The molecule has 0 N–H and O–H groups in total. The first-order valence-electron chi connectivity index (χ1n) is 7.47. The number of benzene rings is 1. The molecule has 0 amide bonds. The quantitative estimate of drug-likeness (QED) is 0.503. The lowest BCUT2D eigenvalue weighted by atomic mass is 10.2. The summed E-state index contributed by atoms with van der Waals surface area (Å²) in [6.45, 7) is 5.95. The maximum Gasteiger partial charge on any atom is 0.336 e. The van der Waals surface area contributed by atoms with Crippen LogP contribution in [0.4, 0.5) is 0 Å². The van der Waals surface area contributed by atoms with E-state index in [2.05, 4.69) is 16.9 Å². The summed E-state index contributed by atoms with van der Waals surface area (Å²) in [4.78, 5) is 22.4. The molecular formula is C18H14N2O3S. The van der Waals surface area contributed by atoms with E-state index < -0.39 is 0 Å². The van der Waals surface area contributed by atoms with E-state index in [1.807, 2.05) is 26.0 Å². The van der Waals surface area contributed by atoms with Crippen molar-refractivity contribution in [3.05, 3.63) is 57.0 Å². The zero-order valence-corrected chi connectivity index (χ0v) is 14.2. The second-order valence-corrected chi connectivity index (χ2v) is 6.80. The molecule has 6 heteroatoms. The van der Waals surface area contributed by atoms with E-state index in [0.717, 1.165) is 21.2 Å². The third kappa shape index (κ3) is 2.45. The Morgan fingerprint density at radius 2 is 1.88 bits per heavy atom. The maximum absolute atomic E-state index is 11.4. The Bertz CT molecular complexity index is 1140. The number of hydrogen-bond donors (Lipinski definition) is 0. The molecule has 120 valence electrons. The van der Waals surface area contributed by atoms with Crippen molar-refractivity contribution in [2.45, 2.75) is 20.8 Å². The first kappa shape index (κ1) is 14.8. The molecule has 0 spiro atoms. The van der Waals surface area contributed by atoms with E-state index in [-0.39, 0.29) is 5.63 Å². The third-order valence-electron chi connectivity index (χ3n) is 3.92. The molecule has 0 saturated heterocycles. The molecule has 1 aromatic carbocycles. The molecule has 5 nitrogen and oxygen atoms in total. The molecule has 0 fully saturated rings. The predicted molar refractivity (Wildman–Crippen MR) is 94.2 cm³/mol. The van der Waals surface area contributed by atoms with Crippen molar-refractivity contribution in [1.82, 2.24) is 9.97 Å². The van der Waals surface area contributed by atoms with Crippen molar-refractivity contribution >= 4 is 32.5 Å². The van der Waals surface area contributed by atoms with Crippen LogP contribution in [0.5, 0.6) is 11.6 Å². The Kier molecular flexibility index (Phi) is 3.35. The van der Waals surface area contributed by atoms with Crippen molar-refractivity contribution in [3.63, 3.8) is 0 Å². The summed E-state index contributed by atoms with van der Waals surface area (Å²) < 4.78 is 11.2. The van der Waals surface area contributed by atoms with Gasteiger partial charge in [0, 0.05) is 22.4 Å². The van der Waals surface area contributed by atoms with Gasteiger partial charge in [0.25, 0.3) is 0 Å². The summed E-state index contributed by atoms with van der Waals surface area (Å²) in [5.41, 5.74) is 1.22. The molecule has 0 aliphatic carbocycles. The minimum absolute atomic E-state index is 0.385. The van der Waals surface area contributed by atoms with Crippen LogP contribution in [-0.2, 0) is 0 Å². The summed E-state index contributed by atoms with van der Waals surface area (Å²) >= 11 is 1.63. The van der Waals surface area contributed by atoms with Crippen molar-refractivity contribution in [2.24, 2.45) is 0 Å². The lowest BCUT2D eigenvalue weighted by Crippen LogP contribution is -1.96. The average Bonchev–Trinajstić information content (AvgIpc) is 2.81. The van der Waals surface area contributed by atoms with Gasteiger partial charge in [0.1, 0.15) is 22.0 Å². The van der Waals surface area contributed by atoms with Crippen LogP contribution < -0.4 is 10.4 Å². The number of aryl methyl sites for hydroxylation is 3. The summed E-state index contributed by atoms with van der Waals surface area (Å²) in [6.07, 6.45) is 0. The predicted octanol–water partition coefficient (Wildman–Crippen LogP) is 4.52. The van der Waals surface area contributed by atoms with E-state index in [1.165, 1.54) is 10.9 Å². The van der Waals surface area contributed by atoms with E-state index in [9.17, 15) is 4.79 Å². The van der Waals surface area contributed by atoms with Crippen molar-refractivity contribution < 1.29 is 9.15 Å². The molecule has 0 aliphatic rings. The molecule has 3 aromatic heterocycles. The zero-order chi connectivity index (χ0) is 16.8. The van der Waals surface area contributed by atoms with Crippen LogP contribution in [0.2, 0.25) is 0 Å². The Morgan fingerprint density at radius 3 is 2.71 bits per heavy atom. The zero-order valence-electron chi connectivity index (χ0n) is 13.4. The third-order valence-corrected chi connectivity index (χ3v) is 5.02. The van der Waals surface area contributed by atoms with Gasteiger partial charge in [0.15, 0.2) is 0 Å². The topological polar surface area (TPSA) is 65.2 Å². The minimum Gasteiger partial charge on any atom is -0.438 e. The summed E-state index contributed by atoms with van der Waals surface area (Å²) in [6, 6.07) is 8.52. The van der Waals surface area contributed by atoms with Crippen molar-refractivity contribution in [3.8, 4) is 11.6 Å². The monoisotopic (exact) mass is 338 g/mol. The SMILES string of the molecule is Cc1nc(Oc2ccc3ccc(=O)oc3c2)c2c(C)c(C)sc2n1. The largest absolute Gasteiger partial charge is 0.438 e. The highest BCUT2D eigenvalue weighted by molar-refractivity contribution is 7.18. The molecule has 0 saturated carbocycles. The fourth-order valence-electron chi connectivity index (χ4n) is 2.60. The molecule has 4 rings (SSSR count). The molecule has 0 unspecified atom stereocenters. The number of rotatable bonds is 2. The first-order chi connectivity index (χ1) is 11.5. The lowest BCUT2D eigenvalue weighted by Gasteiger charge is -2.08. The maximum atomic E-state index is 11.4. The number of thiophene rings is 1. The Labute approximate surface area is 141 Å². The van der Waals surface area contributed by atoms with Crippen molar-refractivity contribution in [2.75, 3.05) is 0 Å². The van der Waals surface area contributed by atoms with Crippen LogP contribution >= 0.6 is 11.3 Å². The number of nitrogens with zero attached hydrogens (tertiary/aromatic N) is 2. The number of aromatic nitrogens is 2. The average molecular weight is 338 g/mol. The summed E-state index contributed by atoms with van der Waals surface area (Å²) in [5.74, 6) is 1.75. The highest BCUT2D eigenvalue weighted by Crippen LogP contribution is 2.36. The van der Waals surface area contributed by atoms with E-state index in [4.69, 9.17) is 9.15 Å². The number of ether oxygens (including phenoxy) is 1. The van der Waals surface area contributed by atoms with Gasteiger partial charge in [-0.3, -0.25) is 0 Å². The van der Waals surface area contributed by atoms with Crippen LogP contribution in [-0.4, -0.2) is 9.97 Å². The first-order valence-corrected chi connectivity index (χ1v) is 8.29. The van der Waals surface area contributed by atoms with Gasteiger partial charge in [-0.2, -0.15) is 4.98 Å².